The van der Waals surface area contributed by atoms with E-state index >= 15 is 0 Å². The maximum absolute atomic E-state index is 14.1. The molecular formula is C32H32Cl4N2O4. The van der Waals surface area contributed by atoms with Crippen LogP contribution in [0.2, 0.25) is 20.1 Å². The molecule has 1 atom stereocenters. The number of nitrogens with zero attached hydrogens (tertiary/aromatic N) is 1. The average molecular weight is 650 g/mol. The molecule has 1 unspecified atom stereocenters. The number of hydrogen-bond donors (Lipinski definition) is 2. The predicted molar refractivity (Wildman–Crippen MR) is 169 cm³/mol. The topological polar surface area (TPSA) is 71.0 Å². The number of hydrogen-bond acceptors (Lipinski definition) is 5. The zero-order valence-electron chi connectivity index (χ0n) is 23.1. The normalized spacial score (nSPS) is 16.9. The Morgan fingerprint density at radius 1 is 0.976 bits per heavy atom. The summed E-state index contributed by atoms with van der Waals surface area (Å²) in [6.45, 7) is 3.30. The largest absolute Gasteiger partial charge is 0.490 e. The highest BCUT2D eigenvalue weighted by Crippen LogP contribution is 2.37. The summed E-state index contributed by atoms with van der Waals surface area (Å²) in [6.07, 6.45) is 2.52. The molecule has 5 rings (SSSR count). The molecule has 3 aromatic rings. The van der Waals surface area contributed by atoms with Crippen LogP contribution in [0.15, 0.2) is 60.2 Å². The second-order valence-corrected chi connectivity index (χ2v) is 12.1. The maximum Gasteiger partial charge on any atom is 0.252 e. The number of aryl methyl sites for hydroxylation is 1. The monoisotopic (exact) mass is 648 g/mol. The van der Waals surface area contributed by atoms with Crippen LogP contribution in [0.1, 0.15) is 36.0 Å². The highest BCUT2D eigenvalue weighted by atomic mass is 35.5. The number of nitrogens with one attached hydrogen (secondary N) is 1. The minimum absolute atomic E-state index is 0.0966. The van der Waals surface area contributed by atoms with Gasteiger partial charge < -0.3 is 24.8 Å². The van der Waals surface area contributed by atoms with Gasteiger partial charge in [0, 0.05) is 18.2 Å². The van der Waals surface area contributed by atoms with Gasteiger partial charge in [-0.05, 0) is 85.3 Å². The van der Waals surface area contributed by atoms with Gasteiger partial charge in [-0.1, -0.05) is 70.7 Å². The number of amides is 1. The summed E-state index contributed by atoms with van der Waals surface area (Å²) >= 11 is 25.2. The van der Waals surface area contributed by atoms with Crippen molar-refractivity contribution in [3.05, 3.63) is 97.0 Å². The Bertz CT molecular complexity index is 1450. The van der Waals surface area contributed by atoms with E-state index in [0.29, 0.717) is 63.3 Å². The molecule has 0 saturated heterocycles. The molecule has 2 aliphatic rings. The molecule has 222 valence electrons. The molecule has 1 aliphatic heterocycles. The second kappa shape index (κ2) is 13.9. The Kier molecular flexibility index (Phi) is 10.3. The summed E-state index contributed by atoms with van der Waals surface area (Å²) in [4.78, 5) is 16.0. The van der Waals surface area contributed by atoms with Gasteiger partial charge in [0.25, 0.3) is 5.91 Å². The maximum atomic E-state index is 14.1. The van der Waals surface area contributed by atoms with Gasteiger partial charge in [0.2, 0.25) is 0 Å². The van der Waals surface area contributed by atoms with Crippen molar-refractivity contribution < 1.29 is 19.4 Å². The van der Waals surface area contributed by atoms with Gasteiger partial charge in [-0.2, -0.15) is 0 Å². The van der Waals surface area contributed by atoms with Gasteiger partial charge in [0.05, 0.1) is 32.7 Å². The van der Waals surface area contributed by atoms with Crippen LogP contribution in [0.4, 0.5) is 0 Å². The fourth-order valence-corrected chi connectivity index (χ4v) is 6.28. The van der Waals surface area contributed by atoms with Gasteiger partial charge in [0.1, 0.15) is 19.0 Å². The molecule has 1 aliphatic carbocycles. The Labute approximate surface area is 266 Å². The lowest BCUT2D eigenvalue weighted by molar-refractivity contribution is -0.128. The highest BCUT2D eigenvalue weighted by molar-refractivity contribution is 6.42. The van der Waals surface area contributed by atoms with Crippen LogP contribution >= 0.6 is 46.4 Å². The standard InChI is InChI=1S/C32H32Cl4N2O4/c1-19-15-26(34)31(27(35)16-19)42-14-13-41-23-9-5-20(6-10-23)24-11-12-37-28(18-39)29(24)32(40)38(22-7-8-22)17-21-3-2-4-25(33)30(21)36/h2-6,9-10,15-16,22,28,37,39H,7-8,11-14,17-18H2,1H3. The fourth-order valence-electron chi connectivity index (χ4n) is 5.19. The quantitative estimate of drug-likeness (QED) is 0.212. The van der Waals surface area contributed by atoms with Crippen molar-refractivity contribution in [2.75, 3.05) is 26.4 Å². The van der Waals surface area contributed by atoms with Gasteiger partial charge in [0.15, 0.2) is 5.75 Å². The molecule has 0 bridgehead atoms. The van der Waals surface area contributed by atoms with E-state index in [1.807, 2.05) is 48.2 Å². The van der Waals surface area contributed by atoms with E-state index in [4.69, 9.17) is 55.9 Å². The number of carbonyl (C=O) groups is 1. The number of ether oxygens (including phenoxy) is 2. The van der Waals surface area contributed by atoms with E-state index in [1.54, 1.807) is 18.2 Å². The third kappa shape index (κ3) is 7.19. The molecule has 1 saturated carbocycles. The first-order chi connectivity index (χ1) is 20.3. The molecule has 0 aromatic heterocycles. The molecule has 0 spiro atoms. The molecule has 1 heterocycles. The van der Waals surface area contributed by atoms with Crippen molar-refractivity contribution in [3.63, 3.8) is 0 Å². The van der Waals surface area contributed by atoms with E-state index < -0.39 is 6.04 Å². The lowest BCUT2D eigenvalue weighted by Crippen LogP contribution is -2.46. The number of benzene rings is 3. The lowest BCUT2D eigenvalue weighted by atomic mass is 9.88. The smallest absolute Gasteiger partial charge is 0.252 e. The third-order valence-corrected chi connectivity index (χ3v) is 8.84. The minimum Gasteiger partial charge on any atom is -0.490 e. The summed E-state index contributed by atoms with van der Waals surface area (Å²) in [7, 11) is 0. The predicted octanol–water partition coefficient (Wildman–Crippen LogP) is 7.37. The van der Waals surface area contributed by atoms with Gasteiger partial charge in [-0.3, -0.25) is 4.79 Å². The molecule has 1 fully saturated rings. The molecule has 0 radical (unpaired) electrons. The first-order valence-corrected chi connectivity index (χ1v) is 15.4. The first-order valence-electron chi connectivity index (χ1n) is 13.9. The summed E-state index contributed by atoms with van der Waals surface area (Å²) in [5, 5.41) is 15.4. The molecule has 6 nitrogen and oxygen atoms in total. The number of halogens is 4. The van der Waals surface area contributed by atoms with Crippen LogP contribution in [0.5, 0.6) is 11.5 Å². The Balaban J connectivity index is 1.31. The van der Waals surface area contributed by atoms with E-state index in [0.717, 1.165) is 35.1 Å². The van der Waals surface area contributed by atoms with Crippen LogP contribution in [0.3, 0.4) is 0 Å². The van der Waals surface area contributed by atoms with Crippen molar-refractivity contribution >= 4 is 57.9 Å². The average Bonchev–Trinajstić information content (AvgIpc) is 3.82. The number of rotatable bonds is 11. The van der Waals surface area contributed by atoms with Crippen molar-refractivity contribution in [1.82, 2.24) is 10.2 Å². The molecule has 2 N–H and O–H groups in total. The molecule has 1 amide bonds. The highest BCUT2D eigenvalue weighted by Gasteiger charge is 2.38. The molecule has 3 aromatic carbocycles. The van der Waals surface area contributed by atoms with Crippen molar-refractivity contribution in [3.8, 4) is 11.5 Å². The van der Waals surface area contributed by atoms with E-state index in [1.165, 1.54) is 0 Å². The summed E-state index contributed by atoms with van der Waals surface area (Å²) in [6, 6.07) is 16.4. The summed E-state index contributed by atoms with van der Waals surface area (Å²) in [5.41, 5.74) is 4.17. The zero-order valence-corrected chi connectivity index (χ0v) is 26.2. The SMILES string of the molecule is Cc1cc(Cl)c(OCCOc2ccc(C3=C(C(=O)N(Cc4cccc(Cl)c4Cl)C4CC4)C(CO)NCC3)cc2)c(Cl)c1. The van der Waals surface area contributed by atoms with E-state index in [-0.39, 0.29) is 25.2 Å². The first kappa shape index (κ1) is 31.0. The zero-order chi connectivity index (χ0) is 29.8. The van der Waals surface area contributed by atoms with Crippen molar-refractivity contribution in [1.29, 1.82) is 0 Å². The number of aliphatic hydroxyl groups excluding tert-OH is 1. The second-order valence-electron chi connectivity index (χ2n) is 10.5. The fraction of sp³-hybridized carbons (Fsp3) is 0.344. The summed E-state index contributed by atoms with van der Waals surface area (Å²) < 4.78 is 11.6. The van der Waals surface area contributed by atoms with Gasteiger partial charge in [-0.25, -0.2) is 0 Å². The van der Waals surface area contributed by atoms with E-state index in [2.05, 4.69) is 5.32 Å². The molecule has 10 heteroatoms. The van der Waals surface area contributed by atoms with Crippen LogP contribution in [0.25, 0.3) is 5.57 Å². The Morgan fingerprint density at radius 2 is 1.67 bits per heavy atom. The number of aliphatic hydroxyl groups is 1. The lowest BCUT2D eigenvalue weighted by Gasteiger charge is -2.33. The molecular weight excluding hydrogens is 618 g/mol. The Hall–Kier alpha value is -2.45. The van der Waals surface area contributed by atoms with Crippen LogP contribution in [-0.2, 0) is 11.3 Å². The van der Waals surface area contributed by atoms with Crippen LogP contribution in [-0.4, -0.2) is 54.4 Å². The third-order valence-electron chi connectivity index (χ3n) is 7.42. The molecule has 42 heavy (non-hydrogen) atoms. The van der Waals surface area contributed by atoms with Gasteiger partial charge >= 0.3 is 0 Å². The minimum atomic E-state index is -0.467. The number of carbonyl (C=O) groups excluding carboxylic acids is 1. The van der Waals surface area contributed by atoms with Crippen LogP contribution in [0, 0.1) is 6.92 Å². The van der Waals surface area contributed by atoms with Crippen molar-refractivity contribution in [2.45, 2.75) is 44.8 Å². The summed E-state index contributed by atoms with van der Waals surface area (Å²) in [5.74, 6) is 1.01. The Morgan fingerprint density at radius 3 is 2.33 bits per heavy atom. The van der Waals surface area contributed by atoms with E-state index in [9.17, 15) is 9.90 Å². The van der Waals surface area contributed by atoms with Crippen LogP contribution < -0.4 is 14.8 Å². The van der Waals surface area contributed by atoms with Crippen molar-refractivity contribution in [2.24, 2.45) is 0 Å². The van der Waals surface area contributed by atoms with Gasteiger partial charge in [-0.15, -0.1) is 0 Å².